The Hall–Kier alpha value is -5.44. The predicted octanol–water partition coefficient (Wildman–Crippen LogP) is 7.03. The molecule has 0 atom stereocenters. The smallest absolute Gasteiger partial charge is 0.305 e. The number of benzene rings is 3. The molecule has 0 aliphatic rings. The molecule has 6 rings (SSSR count). The molecule has 9 heteroatoms. The van der Waals surface area contributed by atoms with Gasteiger partial charge in [-0.3, -0.25) is 14.2 Å². The van der Waals surface area contributed by atoms with Crippen LogP contribution in [0.25, 0.3) is 39.1 Å². The number of rotatable bonds is 9. The molecule has 0 amide bonds. The second-order valence-electron chi connectivity index (χ2n) is 9.87. The van der Waals surface area contributed by atoms with E-state index < -0.39 is 5.97 Å². The summed E-state index contributed by atoms with van der Waals surface area (Å²) in [5.74, 6) is 1.87. The fourth-order valence-electron chi connectivity index (χ4n) is 4.91. The number of methoxy groups -OCH3 is 2. The van der Waals surface area contributed by atoms with Crippen molar-refractivity contribution in [3.8, 4) is 23.0 Å². The number of aromatic nitrogens is 3. The van der Waals surface area contributed by atoms with Crippen LogP contribution in [0.3, 0.4) is 0 Å². The van der Waals surface area contributed by atoms with E-state index in [1.165, 1.54) is 7.11 Å². The molecule has 9 nitrogen and oxygen atoms in total. The number of fused-ring (bicyclic) bond motifs is 2. The molecule has 3 aromatic carbocycles. The van der Waals surface area contributed by atoms with Crippen LogP contribution in [0.4, 0.5) is 11.5 Å². The lowest BCUT2D eigenvalue weighted by atomic mass is 10.0. The van der Waals surface area contributed by atoms with Crippen LogP contribution in [-0.4, -0.2) is 40.5 Å². The van der Waals surface area contributed by atoms with Crippen LogP contribution in [0.15, 0.2) is 89.7 Å². The number of hydrogen-bond acceptors (Lipinski definition) is 8. The molecule has 0 saturated heterocycles. The number of furan rings is 1. The van der Waals surface area contributed by atoms with Crippen LogP contribution in [0.1, 0.15) is 28.8 Å². The molecule has 6 aromatic rings. The van der Waals surface area contributed by atoms with Crippen molar-refractivity contribution in [1.82, 2.24) is 14.5 Å². The first kappa shape index (κ1) is 26.8. The van der Waals surface area contributed by atoms with E-state index in [2.05, 4.69) is 5.32 Å². The Morgan fingerprint density at radius 2 is 1.76 bits per heavy atom. The lowest BCUT2D eigenvalue weighted by Crippen LogP contribution is -2.06. The third kappa shape index (κ3) is 5.19. The van der Waals surface area contributed by atoms with Gasteiger partial charge in [0.1, 0.15) is 17.3 Å². The number of esters is 1. The first-order chi connectivity index (χ1) is 20.4. The molecular formula is C33H28N4O5. The third-order valence-corrected chi connectivity index (χ3v) is 7.10. The van der Waals surface area contributed by atoms with E-state index in [1.54, 1.807) is 19.6 Å². The van der Waals surface area contributed by atoms with Crippen molar-refractivity contribution in [3.63, 3.8) is 0 Å². The predicted molar refractivity (Wildman–Crippen MR) is 161 cm³/mol. The zero-order valence-corrected chi connectivity index (χ0v) is 23.4. The first-order valence-corrected chi connectivity index (χ1v) is 13.4. The highest BCUT2D eigenvalue weighted by atomic mass is 16.5. The van der Waals surface area contributed by atoms with Crippen molar-refractivity contribution in [2.24, 2.45) is 0 Å². The maximum atomic E-state index is 13.3. The van der Waals surface area contributed by atoms with Gasteiger partial charge in [0, 0.05) is 40.2 Å². The van der Waals surface area contributed by atoms with Gasteiger partial charge in [-0.1, -0.05) is 11.6 Å². The van der Waals surface area contributed by atoms with Gasteiger partial charge in [0.25, 0.3) is 0 Å². The summed E-state index contributed by atoms with van der Waals surface area (Å²) < 4.78 is 17.5. The number of nitrogens with one attached hydrogen (secondary N) is 1. The van der Waals surface area contributed by atoms with Gasteiger partial charge in [0.2, 0.25) is 5.95 Å². The minimum absolute atomic E-state index is 0.00816. The van der Waals surface area contributed by atoms with E-state index in [0.717, 1.165) is 44.6 Å². The quantitative estimate of drug-likeness (QED) is 0.148. The summed E-state index contributed by atoms with van der Waals surface area (Å²) in [5, 5.41) is 5.00. The van der Waals surface area contributed by atoms with E-state index in [9.17, 15) is 9.59 Å². The number of carbonyl (C=O) groups is 2. The number of aryl methyl sites for hydroxylation is 1. The topological polar surface area (TPSA) is 108 Å². The number of nitrogens with zero attached hydrogens (tertiary/aromatic N) is 3. The van der Waals surface area contributed by atoms with Crippen molar-refractivity contribution < 1.29 is 23.5 Å². The molecule has 0 fully saturated rings. The number of carbonyl (C=O) groups excluding carboxylic acids is 2. The van der Waals surface area contributed by atoms with Crippen LogP contribution >= 0.6 is 0 Å². The minimum Gasteiger partial charge on any atom is -0.497 e. The summed E-state index contributed by atoms with van der Waals surface area (Å²) >= 11 is 0. The summed E-state index contributed by atoms with van der Waals surface area (Å²) in [6.45, 7) is 1.97. The van der Waals surface area contributed by atoms with Gasteiger partial charge in [-0.2, -0.15) is 4.98 Å². The van der Waals surface area contributed by atoms with Gasteiger partial charge in [-0.15, -0.1) is 0 Å². The number of anilines is 2. The Labute approximate surface area is 241 Å². The SMILES string of the molecule is COC(=O)CCC(=O)c1cn(-c2nc(Nc3ccc(OC)cc3)c3cc(-c4ccco4)ccc3n2)c2ccc(C)cc12. The number of Topliss-reactive ketones (excluding diaryl/α,β-unsaturated/α-hetero) is 1. The Bertz CT molecular complexity index is 1920. The van der Waals surface area contributed by atoms with Crippen molar-refractivity contribution >= 4 is 45.1 Å². The summed E-state index contributed by atoms with van der Waals surface area (Å²) in [6, 6.07) is 23.1. The average Bonchev–Trinajstić information content (AvgIpc) is 3.68. The van der Waals surface area contributed by atoms with Crippen LogP contribution < -0.4 is 10.1 Å². The van der Waals surface area contributed by atoms with E-state index in [0.29, 0.717) is 22.8 Å². The van der Waals surface area contributed by atoms with Gasteiger partial charge in [0.15, 0.2) is 5.78 Å². The van der Waals surface area contributed by atoms with E-state index in [1.807, 2.05) is 84.3 Å². The molecule has 0 aliphatic heterocycles. The highest BCUT2D eigenvalue weighted by Crippen LogP contribution is 2.32. The molecule has 1 N–H and O–H groups in total. The number of ether oxygens (including phenoxy) is 2. The molecule has 0 spiro atoms. The summed E-state index contributed by atoms with van der Waals surface area (Å²) in [4.78, 5) is 34.8. The molecule has 0 radical (unpaired) electrons. The molecule has 0 aliphatic carbocycles. The first-order valence-electron chi connectivity index (χ1n) is 13.4. The van der Waals surface area contributed by atoms with Crippen molar-refractivity contribution in [2.45, 2.75) is 19.8 Å². The maximum absolute atomic E-state index is 13.3. The fourth-order valence-corrected chi connectivity index (χ4v) is 4.91. The van der Waals surface area contributed by atoms with Crippen LogP contribution in [0.5, 0.6) is 5.75 Å². The van der Waals surface area contributed by atoms with Gasteiger partial charge >= 0.3 is 5.97 Å². The fraction of sp³-hybridized carbons (Fsp3) is 0.152. The van der Waals surface area contributed by atoms with E-state index in [4.69, 9.17) is 23.9 Å². The highest BCUT2D eigenvalue weighted by molar-refractivity contribution is 6.09. The van der Waals surface area contributed by atoms with Gasteiger partial charge in [-0.25, -0.2) is 4.98 Å². The molecule has 0 bridgehead atoms. The summed E-state index contributed by atoms with van der Waals surface area (Å²) in [5.41, 5.74) is 4.70. The van der Waals surface area contributed by atoms with Gasteiger partial charge in [0.05, 0.1) is 37.9 Å². The minimum atomic E-state index is -0.427. The highest BCUT2D eigenvalue weighted by Gasteiger charge is 2.20. The second kappa shape index (κ2) is 11.2. The normalized spacial score (nSPS) is 11.1. The van der Waals surface area contributed by atoms with E-state index in [-0.39, 0.29) is 18.6 Å². The van der Waals surface area contributed by atoms with Crippen LogP contribution in [0.2, 0.25) is 0 Å². The molecule has 0 saturated carbocycles. The summed E-state index contributed by atoms with van der Waals surface area (Å²) in [6.07, 6.45) is 3.43. The lowest BCUT2D eigenvalue weighted by molar-refractivity contribution is -0.140. The van der Waals surface area contributed by atoms with Gasteiger partial charge < -0.3 is 19.2 Å². The van der Waals surface area contributed by atoms with E-state index >= 15 is 0 Å². The number of ketones is 1. The Balaban J connectivity index is 1.50. The molecule has 210 valence electrons. The standard InChI is InChI=1S/C33H28N4O5/c1-20-6-13-28-24(17-20)26(29(38)14-15-31(39)41-3)19-37(28)33-35-27-12-7-21(30-5-4-16-42-30)18-25(27)32(36-33)34-22-8-10-23(40-2)11-9-22/h4-13,16-19H,14-15H2,1-3H3,(H,34,35,36). The second-order valence-corrected chi connectivity index (χ2v) is 9.87. The van der Waals surface area contributed by atoms with Crippen molar-refractivity contribution in [1.29, 1.82) is 0 Å². The van der Waals surface area contributed by atoms with Crippen LogP contribution in [-0.2, 0) is 9.53 Å². The summed E-state index contributed by atoms with van der Waals surface area (Å²) in [7, 11) is 2.94. The van der Waals surface area contributed by atoms with Crippen molar-refractivity contribution in [3.05, 3.63) is 96.4 Å². The van der Waals surface area contributed by atoms with Crippen LogP contribution in [0, 0.1) is 6.92 Å². The number of hydrogen-bond donors (Lipinski definition) is 1. The Morgan fingerprint density at radius 3 is 2.50 bits per heavy atom. The zero-order chi connectivity index (χ0) is 29.2. The average molecular weight is 561 g/mol. The Morgan fingerprint density at radius 1 is 0.929 bits per heavy atom. The lowest BCUT2D eigenvalue weighted by Gasteiger charge is -2.13. The monoisotopic (exact) mass is 560 g/mol. The van der Waals surface area contributed by atoms with Crippen molar-refractivity contribution in [2.75, 3.05) is 19.5 Å². The molecule has 3 heterocycles. The molecule has 42 heavy (non-hydrogen) atoms. The Kier molecular flexibility index (Phi) is 7.14. The maximum Gasteiger partial charge on any atom is 0.305 e. The largest absolute Gasteiger partial charge is 0.497 e. The molecular weight excluding hydrogens is 532 g/mol. The third-order valence-electron chi connectivity index (χ3n) is 7.10. The molecule has 0 unspecified atom stereocenters. The molecule has 3 aromatic heterocycles. The zero-order valence-electron chi connectivity index (χ0n) is 23.4. The van der Waals surface area contributed by atoms with Gasteiger partial charge in [-0.05, 0) is 73.7 Å².